The van der Waals surface area contributed by atoms with E-state index in [-0.39, 0.29) is 38.2 Å². The molecule has 0 amide bonds. The molecule has 0 aromatic carbocycles. The minimum Gasteiger partial charge on any atom is -0.477 e. The molecule has 0 aliphatic heterocycles. The van der Waals surface area contributed by atoms with Gasteiger partial charge in [0.2, 0.25) is 0 Å². The van der Waals surface area contributed by atoms with Crippen LogP contribution in [0.4, 0.5) is 0 Å². The first-order valence-electron chi connectivity index (χ1n) is 22.7. The first-order valence-corrected chi connectivity index (χ1v) is 22.7. The lowest BCUT2D eigenvalue weighted by Crippen LogP contribution is -2.40. The Morgan fingerprint density at radius 1 is 0.481 bits per heavy atom. The molecule has 2 atom stereocenters. The summed E-state index contributed by atoms with van der Waals surface area (Å²) in [4.78, 5) is 37.1. The van der Waals surface area contributed by atoms with E-state index in [1.165, 1.54) is 148 Å². The number of carbonyl (C=O) groups excluding carboxylic acids is 2. The van der Waals surface area contributed by atoms with Gasteiger partial charge in [-0.3, -0.25) is 9.59 Å². The van der Waals surface area contributed by atoms with E-state index >= 15 is 0 Å². The largest absolute Gasteiger partial charge is 0.477 e. The summed E-state index contributed by atoms with van der Waals surface area (Å²) >= 11 is 0. The fraction of sp³-hybridized carbons (Fsp3) is 0.933. The van der Waals surface area contributed by atoms with Crippen LogP contribution < -0.4 is 0 Å². The number of hydrogen-bond acceptors (Lipinski definition) is 7. The second-order valence-electron chi connectivity index (χ2n) is 16.7. The second-order valence-corrected chi connectivity index (χ2v) is 16.7. The van der Waals surface area contributed by atoms with Crippen LogP contribution in [-0.4, -0.2) is 87.4 Å². The molecule has 0 saturated carbocycles. The third-order valence-electron chi connectivity index (χ3n) is 10.1. The van der Waals surface area contributed by atoms with Crippen molar-refractivity contribution in [1.29, 1.82) is 0 Å². The van der Waals surface area contributed by atoms with E-state index < -0.39 is 18.4 Å². The zero-order valence-corrected chi connectivity index (χ0v) is 36.2. The van der Waals surface area contributed by atoms with Crippen molar-refractivity contribution in [1.82, 2.24) is 0 Å². The molecule has 0 aromatic heterocycles. The molecule has 1 N–H and O–H groups in total. The first kappa shape index (κ1) is 52.3. The molecule has 0 bridgehead atoms. The topological polar surface area (TPSA) is 108 Å². The summed E-state index contributed by atoms with van der Waals surface area (Å²) in [7, 11) is 5.96. The maximum Gasteiger partial charge on any atom is 0.361 e. The number of aliphatic carboxylic acids is 1. The number of carboxylic acids is 1. The van der Waals surface area contributed by atoms with Crippen molar-refractivity contribution in [3.8, 4) is 0 Å². The van der Waals surface area contributed by atoms with Gasteiger partial charge < -0.3 is 28.5 Å². The maximum atomic E-state index is 12.7. The predicted molar refractivity (Wildman–Crippen MR) is 222 cm³/mol. The van der Waals surface area contributed by atoms with Gasteiger partial charge in [0.25, 0.3) is 6.29 Å². The summed E-state index contributed by atoms with van der Waals surface area (Å²) in [6.45, 7) is 4.90. The Balaban J connectivity index is 4.38. The van der Waals surface area contributed by atoms with E-state index in [0.717, 1.165) is 38.5 Å². The van der Waals surface area contributed by atoms with Crippen molar-refractivity contribution in [2.75, 3.05) is 47.5 Å². The summed E-state index contributed by atoms with van der Waals surface area (Å²) in [5.74, 6) is -1.99. The highest BCUT2D eigenvalue weighted by Crippen LogP contribution is 2.16. The van der Waals surface area contributed by atoms with Gasteiger partial charge in [-0.1, -0.05) is 187 Å². The highest BCUT2D eigenvalue weighted by molar-refractivity contribution is 5.71. The molecule has 320 valence electrons. The van der Waals surface area contributed by atoms with E-state index in [1.54, 1.807) is 0 Å². The molecule has 0 fully saturated rings. The third-order valence-corrected chi connectivity index (χ3v) is 10.1. The minimum atomic E-state index is -1.50. The van der Waals surface area contributed by atoms with Gasteiger partial charge in [0.15, 0.2) is 6.10 Å². The normalized spacial score (nSPS) is 12.8. The number of carboxylic acid groups (broad SMARTS) is 1. The van der Waals surface area contributed by atoms with Gasteiger partial charge in [-0.15, -0.1) is 0 Å². The van der Waals surface area contributed by atoms with Gasteiger partial charge in [-0.05, 0) is 12.8 Å². The Morgan fingerprint density at radius 3 is 1.19 bits per heavy atom. The molecule has 0 saturated heterocycles. The van der Waals surface area contributed by atoms with Crippen molar-refractivity contribution in [2.45, 2.75) is 225 Å². The Morgan fingerprint density at radius 2 is 0.833 bits per heavy atom. The van der Waals surface area contributed by atoms with Crippen LogP contribution >= 0.6 is 0 Å². The quantitative estimate of drug-likeness (QED) is 0.0283. The van der Waals surface area contributed by atoms with Gasteiger partial charge in [0.05, 0.1) is 34.4 Å². The summed E-state index contributed by atoms with van der Waals surface area (Å²) in [6, 6.07) is 0. The van der Waals surface area contributed by atoms with Crippen LogP contribution in [0.2, 0.25) is 0 Å². The lowest BCUT2D eigenvalue weighted by molar-refractivity contribution is -0.870. The predicted octanol–water partition coefficient (Wildman–Crippen LogP) is 11.7. The number of likely N-dealkylation sites (N-methyl/N-ethyl adjacent to an activating group) is 1. The lowest BCUT2D eigenvalue weighted by atomic mass is 10.0. The summed E-state index contributed by atoms with van der Waals surface area (Å²) < 4.78 is 22.7. The number of unbranched alkanes of at least 4 members (excludes halogenated alkanes) is 27. The number of nitrogens with zero attached hydrogens (tertiary/aromatic N) is 1. The zero-order chi connectivity index (χ0) is 40.0. The van der Waals surface area contributed by atoms with Gasteiger partial charge in [-0.25, -0.2) is 4.79 Å². The van der Waals surface area contributed by atoms with Crippen molar-refractivity contribution in [2.24, 2.45) is 0 Å². The van der Waals surface area contributed by atoms with E-state index in [1.807, 2.05) is 21.1 Å². The summed E-state index contributed by atoms with van der Waals surface area (Å²) in [6.07, 6.45) is 34.4. The van der Waals surface area contributed by atoms with Crippen LogP contribution in [-0.2, 0) is 33.3 Å². The number of rotatable bonds is 42. The zero-order valence-electron chi connectivity index (χ0n) is 36.2. The minimum absolute atomic E-state index is 0.174. The SMILES string of the molecule is CCCCCCCCCCCCCCCCCCCC(=O)OC(COC(=O)CCCCCCCCCCCCCC)COC(OCC[N+](C)(C)C)C(=O)O. The third kappa shape index (κ3) is 38.6. The molecular weight excluding hydrogens is 682 g/mol. The molecule has 9 heteroatoms. The summed E-state index contributed by atoms with van der Waals surface area (Å²) in [5, 5.41) is 9.62. The van der Waals surface area contributed by atoms with E-state index in [0.29, 0.717) is 17.4 Å². The molecule has 2 unspecified atom stereocenters. The van der Waals surface area contributed by atoms with Gasteiger partial charge in [-0.2, -0.15) is 0 Å². The number of ether oxygens (including phenoxy) is 4. The Labute approximate surface area is 332 Å². The Bertz CT molecular complexity index is 861. The molecule has 54 heavy (non-hydrogen) atoms. The Hall–Kier alpha value is -1.71. The molecule has 0 aliphatic carbocycles. The molecule has 0 aromatic rings. The molecular formula is C45H88NO8+. The van der Waals surface area contributed by atoms with Crippen molar-refractivity contribution in [3.63, 3.8) is 0 Å². The van der Waals surface area contributed by atoms with Crippen LogP contribution in [0.15, 0.2) is 0 Å². The van der Waals surface area contributed by atoms with Crippen molar-refractivity contribution < 1.29 is 42.9 Å². The average molecular weight is 771 g/mol. The molecule has 9 nitrogen and oxygen atoms in total. The second kappa shape index (κ2) is 38.2. The fourth-order valence-electron chi connectivity index (χ4n) is 6.54. The molecule has 0 aliphatic rings. The Kier molecular flexibility index (Phi) is 37.0. The molecule has 0 radical (unpaired) electrons. The number of hydrogen-bond donors (Lipinski definition) is 1. The monoisotopic (exact) mass is 771 g/mol. The van der Waals surface area contributed by atoms with Crippen molar-refractivity contribution >= 4 is 17.9 Å². The number of esters is 2. The smallest absolute Gasteiger partial charge is 0.361 e. The highest BCUT2D eigenvalue weighted by Gasteiger charge is 2.25. The first-order chi connectivity index (χ1) is 26.1. The molecule has 0 heterocycles. The fourth-order valence-corrected chi connectivity index (χ4v) is 6.54. The maximum absolute atomic E-state index is 12.7. The van der Waals surface area contributed by atoms with Crippen LogP contribution in [0.1, 0.15) is 213 Å². The van der Waals surface area contributed by atoms with Gasteiger partial charge in [0, 0.05) is 12.8 Å². The number of quaternary nitrogens is 1. The van der Waals surface area contributed by atoms with Gasteiger partial charge in [0.1, 0.15) is 13.2 Å². The lowest BCUT2D eigenvalue weighted by Gasteiger charge is -2.25. The van der Waals surface area contributed by atoms with Crippen molar-refractivity contribution in [3.05, 3.63) is 0 Å². The highest BCUT2D eigenvalue weighted by atomic mass is 16.7. The van der Waals surface area contributed by atoms with Gasteiger partial charge >= 0.3 is 17.9 Å². The van der Waals surface area contributed by atoms with Crippen LogP contribution in [0.25, 0.3) is 0 Å². The van der Waals surface area contributed by atoms with Crippen LogP contribution in [0.5, 0.6) is 0 Å². The average Bonchev–Trinajstić information content (AvgIpc) is 3.12. The van der Waals surface area contributed by atoms with E-state index in [2.05, 4.69) is 13.8 Å². The molecule has 0 spiro atoms. The van der Waals surface area contributed by atoms with Crippen LogP contribution in [0.3, 0.4) is 0 Å². The van der Waals surface area contributed by atoms with E-state index in [4.69, 9.17) is 18.9 Å². The van der Waals surface area contributed by atoms with E-state index in [9.17, 15) is 19.5 Å². The molecule has 0 rings (SSSR count). The summed E-state index contributed by atoms with van der Waals surface area (Å²) in [5.41, 5.74) is 0. The number of carbonyl (C=O) groups is 3. The van der Waals surface area contributed by atoms with Crippen LogP contribution in [0, 0.1) is 0 Å². The standard InChI is InChI=1S/C45H87NO8/c1-6-8-10-12-14-16-18-20-21-22-23-24-26-28-30-32-34-36-43(48)54-41(40-53-45(44(49)50)51-38-37-46(3,4)5)39-52-42(47)35-33-31-29-27-25-19-17-15-13-11-9-7-2/h41,45H,6-40H2,1-5H3/p+1.